The number of piperidine rings is 1. The Hall–Kier alpha value is -1.45. The van der Waals surface area contributed by atoms with E-state index in [0.717, 1.165) is 25.6 Å². The minimum absolute atomic E-state index is 0.111. The standard InChI is InChI=1S/C11H16N4O4S/c16-10-9(6-13-11(17)14-10)20(18,19)15-3-1-2-7-4-12-5-8(7)15/h6-8,12H,1-5H2,(H2,13,14,16,17). The van der Waals surface area contributed by atoms with Gasteiger partial charge in [-0.2, -0.15) is 4.31 Å². The molecule has 2 unspecified atom stereocenters. The van der Waals surface area contributed by atoms with E-state index in [2.05, 4.69) is 10.3 Å². The summed E-state index contributed by atoms with van der Waals surface area (Å²) in [6, 6.07) is -0.111. The molecule has 2 saturated heterocycles. The lowest BCUT2D eigenvalue weighted by atomic mass is 9.94. The number of H-pyrrole nitrogens is 2. The van der Waals surface area contributed by atoms with Gasteiger partial charge in [-0.05, 0) is 25.3 Å². The Morgan fingerprint density at radius 1 is 1.25 bits per heavy atom. The van der Waals surface area contributed by atoms with Crippen molar-refractivity contribution in [2.24, 2.45) is 5.92 Å². The van der Waals surface area contributed by atoms with Crippen LogP contribution < -0.4 is 16.6 Å². The second-order valence-corrected chi connectivity index (χ2v) is 7.04. The van der Waals surface area contributed by atoms with E-state index in [4.69, 9.17) is 0 Å². The Balaban J connectivity index is 2.03. The first-order chi connectivity index (χ1) is 9.50. The highest BCUT2D eigenvalue weighted by Crippen LogP contribution is 2.30. The van der Waals surface area contributed by atoms with Gasteiger partial charge in [-0.25, -0.2) is 13.2 Å². The summed E-state index contributed by atoms with van der Waals surface area (Å²) in [5, 5.41) is 3.19. The third kappa shape index (κ3) is 2.11. The fourth-order valence-electron chi connectivity index (χ4n) is 3.04. The largest absolute Gasteiger partial charge is 0.325 e. The third-order valence-electron chi connectivity index (χ3n) is 4.00. The highest BCUT2D eigenvalue weighted by molar-refractivity contribution is 7.89. The molecule has 2 aliphatic rings. The van der Waals surface area contributed by atoms with E-state index in [0.29, 0.717) is 19.0 Å². The van der Waals surface area contributed by atoms with Crippen molar-refractivity contribution in [1.29, 1.82) is 0 Å². The highest BCUT2D eigenvalue weighted by atomic mass is 32.2. The van der Waals surface area contributed by atoms with Gasteiger partial charge in [-0.3, -0.25) is 9.78 Å². The van der Waals surface area contributed by atoms with Crippen LogP contribution in [-0.2, 0) is 10.0 Å². The second kappa shape index (κ2) is 4.83. The van der Waals surface area contributed by atoms with Gasteiger partial charge in [-0.15, -0.1) is 0 Å². The number of nitrogens with zero attached hydrogens (tertiary/aromatic N) is 1. The van der Waals surface area contributed by atoms with Gasteiger partial charge in [0.1, 0.15) is 0 Å². The summed E-state index contributed by atoms with van der Waals surface area (Å²) in [6.45, 7) is 1.81. The highest BCUT2D eigenvalue weighted by Gasteiger charge is 2.42. The summed E-state index contributed by atoms with van der Waals surface area (Å²) in [5.41, 5.74) is -1.59. The summed E-state index contributed by atoms with van der Waals surface area (Å²) in [4.78, 5) is 26.5. The van der Waals surface area contributed by atoms with E-state index in [9.17, 15) is 18.0 Å². The molecule has 3 rings (SSSR count). The minimum Gasteiger partial charge on any atom is -0.315 e. The van der Waals surface area contributed by atoms with Gasteiger partial charge in [0.15, 0.2) is 4.90 Å². The molecule has 0 radical (unpaired) electrons. The fourth-order valence-corrected chi connectivity index (χ4v) is 4.76. The van der Waals surface area contributed by atoms with Crippen LogP contribution in [0.1, 0.15) is 12.8 Å². The fraction of sp³-hybridized carbons (Fsp3) is 0.636. The number of hydrogen-bond donors (Lipinski definition) is 3. The van der Waals surface area contributed by atoms with Gasteiger partial charge >= 0.3 is 5.69 Å². The van der Waals surface area contributed by atoms with Crippen molar-refractivity contribution in [3.63, 3.8) is 0 Å². The van der Waals surface area contributed by atoms with Crippen LogP contribution in [0.5, 0.6) is 0 Å². The van der Waals surface area contributed by atoms with Crippen molar-refractivity contribution in [1.82, 2.24) is 19.6 Å². The normalized spacial score (nSPS) is 27.4. The van der Waals surface area contributed by atoms with Crippen molar-refractivity contribution < 1.29 is 8.42 Å². The molecule has 2 atom stereocenters. The van der Waals surface area contributed by atoms with E-state index in [1.807, 2.05) is 4.98 Å². The Bertz CT molecular complexity index is 722. The average Bonchev–Trinajstić information content (AvgIpc) is 2.85. The molecule has 0 aliphatic carbocycles. The number of aromatic amines is 2. The Morgan fingerprint density at radius 2 is 2.05 bits per heavy atom. The molecule has 0 bridgehead atoms. The first kappa shape index (κ1) is 13.5. The van der Waals surface area contributed by atoms with Crippen molar-refractivity contribution in [2.75, 3.05) is 19.6 Å². The predicted octanol–water partition coefficient (Wildman–Crippen LogP) is -1.56. The van der Waals surface area contributed by atoms with Crippen LogP contribution in [0.4, 0.5) is 0 Å². The predicted molar refractivity (Wildman–Crippen MR) is 71.0 cm³/mol. The molecular weight excluding hydrogens is 284 g/mol. The smallest absolute Gasteiger partial charge is 0.315 e. The first-order valence-electron chi connectivity index (χ1n) is 6.55. The zero-order valence-electron chi connectivity index (χ0n) is 10.8. The summed E-state index contributed by atoms with van der Waals surface area (Å²) in [5.74, 6) is 0.292. The molecule has 0 spiro atoms. The van der Waals surface area contributed by atoms with Crippen LogP contribution >= 0.6 is 0 Å². The lowest BCUT2D eigenvalue weighted by molar-refractivity contribution is 0.217. The van der Waals surface area contributed by atoms with Crippen molar-refractivity contribution >= 4 is 10.0 Å². The van der Waals surface area contributed by atoms with E-state index < -0.39 is 26.2 Å². The molecule has 20 heavy (non-hydrogen) atoms. The molecule has 3 N–H and O–H groups in total. The van der Waals surface area contributed by atoms with Gasteiger partial charge in [0.05, 0.1) is 0 Å². The molecule has 1 aromatic heterocycles. The second-order valence-electron chi connectivity index (χ2n) is 5.18. The van der Waals surface area contributed by atoms with Gasteiger partial charge < -0.3 is 10.3 Å². The molecule has 9 heteroatoms. The van der Waals surface area contributed by atoms with E-state index in [1.165, 1.54) is 4.31 Å². The van der Waals surface area contributed by atoms with Gasteiger partial charge in [0.25, 0.3) is 5.56 Å². The van der Waals surface area contributed by atoms with Gasteiger partial charge in [0, 0.05) is 25.3 Å². The number of aromatic nitrogens is 2. The van der Waals surface area contributed by atoms with Crippen LogP contribution in [0.2, 0.25) is 0 Å². The molecule has 1 aromatic rings. The number of sulfonamides is 1. The summed E-state index contributed by atoms with van der Waals surface area (Å²) in [6.07, 6.45) is 2.75. The maximum Gasteiger partial charge on any atom is 0.325 e. The minimum atomic E-state index is -3.88. The molecular formula is C11H16N4O4S. The summed E-state index contributed by atoms with van der Waals surface area (Å²) >= 11 is 0. The monoisotopic (exact) mass is 300 g/mol. The Labute approximate surface area is 115 Å². The Kier molecular flexibility index (Phi) is 3.27. The lowest BCUT2D eigenvalue weighted by Crippen LogP contribution is -2.49. The van der Waals surface area contributed by atoms with Crippen LogP contribution in [-0.4, -0.2) is 48.4 Å². The van der Waals surface area contributed by atoms with Crippen molar-refractivity contribution in [2.45, 2.75) is 23.8 Å². The van der Waals surface area contributed by atoms with E-state index in [1.54, 1.807) is 0 Å². The lowest BCUT2D eigenvalue weighted by Gasteiger charge is -2.35. The zero-order valence-corrected chi connectivity index (χ0v) is 11.6. The van der Waals surface area contributed by atoms with Gasteiger partial charge in [-0.1, -0.05) is 0 Å². The quantitative estimate of drug-likeness (QED) is 0.611. The van der Waals surface area contributed by atoms with Crippen LogP contribution in [0.3, 0.4) is 0 Å². The van der Waals surface area contributed by atoms with Crippen LogP contribution in [0, 0.1) is 5.92 Å². The molecule has 0 amide bonds. The molecule has 0 aromatic carbocycles. The van der Waals surface area contributed by atoms with Crippen LogP contribution in [0.15, 0.2) is 20.7 Å². The maximum atomic E-state index is 12.6. The summed E-state index contributed by atoms with van der Waals surface area (Å²) < 4.78 is 26.6. The molecule has 0 saturated carbocycles. The number of hydrogen-bond acceptors (Lipinski definition) is 5. The average molecular weight is 300 g/mol. The topological polar surface area (TPSA) is 115 Å². The third-order valence-corrected chi connectivity index (χ3v) is 5.93. The summed E-state index contributed by atoms with van der Waals surface area (Å²) in [7, 11) is -3.88. The maximum absolute atomic E-state index is 12.6. The number of rotatable bonds is 2. The first-order valence-corrected chi connectivity index (χ1v) is 7.99. The zero-order chi connectivity index (χ0) is 14.3. The molecule has 3 heterocycles. The van der Waals surface area contributed by atoms with E-state index >= 15 is 0 Å². The van der Waals surface area contributed by atoms with Crippen molar-refractivity contribution in [3.05, 3.63) is 27.0 Å². The van der Waals surface area contributed by atoms with E-state index in [-0.39, 0.29) is 6.04 Å². The number of nitrogens with one attached hydrogen (secondary N) is 3. The SMILES string of the molecule is O=c1[nH]cc(S(=O)(=O)N2CCCC3CNCC32)c(=O)[nH]1. The Morgan fingerprint density at radius 3 is 2.80 bits per heavy atom. The van der Waals surface area contributed by atoms with Crippen LogP contribution in [0.25, 0.3) is 0 Å². The molecule has 2 fully saturated rings. The molecule has 2 aliphatic heterocycles. The van der Waals surface area contributed by atoms with Gasteiger partial charge in [0.2, 0.25) is 10.0 Å². The van der Waals surface area contributed by atoms with Crippen molar-refractivity contribution in [3.8, 4) is 0 Å². The number of fused-ring (bicyclic) bond motifs is 1. The molecule has 110 valence electrons. The molecule has 8 nitrogen and oxygen atoms in total.